The number of likely N-dealkylation sites (tertiary alicyclic amines) is 1. The molecule has 1 saturated heterocycles. The molecule has 0 spiro atoms. The summed E-state index contributed by atoms with van der Waals surface area (Å²) in [5.74, 6) is -0.297. The third-order valence-electron chi connectivity index (χ3n) is 2.90. The van der Waals surface area contributed by atoms with E-state index in [1.165, 1.54) is 11.9 Å². The first-order valence-corrected chi connectivity index (χ1v) is 5.52. The van der Waals surface area contributed by atoms with Crippen molar-refractivity contribution in [3.8, 4) is 0 Å². The minimum atomic E-state index is -0.298. The Kier molecular flexibility index (Phi) is 4.04. The summed E-state index contributed by atoms with van der Waals surface area (Å²) < 4.78 is 0. The fraction of sp³-hybridized carbons (Fsp3) is 0.818. The van der Waals surface area contributed by atoms with Crippen molar-refractivity contribution in [2.24, 2.45) is 5.41 Å². The average molecular weight is 228 g/mol. The van der Waals surface area contributed by atoms with Crippen LogP contribution in [0.15, 0.2) is 0 Å². The van der Waals surface area contributed by atoms with Crippen LogP contribution in [0, 0.1) is 5.41 Å². The van der Waals surface area contributed by atoms with Gasteiger partial charge in [0, 0.05) is 32.0 Å². The largest absolute Gasteiger partial charge is 0.396 e. The van der Waals surface area contributed by atoms with Crippen LogP contribution < -0.4 is 5.32 Å². The van der Waals surface area contributed by atoms with E-state index < -0.39 is 0 Å². The molecule has 16 heavy (non-hydrogen) atoms. The topological polar surface area (TPSA) is 69.6 Å². The van der Waals surface area contributed by atoms with Crippen LogP contribution in [0.1, 0.15) is 26.7 Å². The van der Waals surface area contributed by atoms with Crippen molar-refractivity contribution in [1.82, 2.24) is 10.2 Å². The van der Waals surface area contributed by atoms with Crippen LogP contribution in [-0.2, 0) is 9.59 Å². The summed E-state index contributed by atoms with van der Waals surface area (Å²) in [7, 11) is 1.51. The van der Waals surface area contributed by atoms with Crippen LogP contribution in [0.25, 0.3) is 0 Å². The van der Waals surface area contributed by atoms with Crippen LogP contribution in [-0.4, -0.2) is 48.1 Å². The van der Waals surface area contributed by atoms with Crippen molar-refractivity contribution in [3.63, 3.8) is 0 Å². The van der Waals surface area contributed by atoms with Gasteiger partial charge in [-0.05, 0) is 6.42 Å². The third kappa shape index (κ3) is 3.02. The Morgan fingerprint density at radius 3 is 2.69 bits per heavy atom. The predicted octanol–water partition coefficient (Wildman–Crippen LogP) is -0.258. The maximum absolute atomic E-state index is 11.7. The fourth-order valence-corrected chi connectivity index (χ4v) is 1.56. The molecule has 1 aliphatic heterocycles. The second-order valence-corrected chi connectivity index (χ2v) is 5.09. The molecule has 1 aliphatic rings. The number of hydrogen-bond donors (Lipinski definition) is 2. The number of likely N-dealkylation sites (N-methyl/N-ethyl adjacent to an activating group) is 1. The summed E-state index contributed by atoms with van der Waals surface area (Å²) in [5, 5.41) is 12.2. The van der Waals surface area contributed by atoms with Crippen LogP contribution in [0.5, 0.6) is 0 Å². The Bertz CT molecular complexity index is 289. The lowest BCUT2D eigenvalue weighted by atomic mass is 9.93. The number of piperidine rings is 1. The second kappa shape index (κ2) is 4.93. The van der Waals surface area contributed by atoms with Gasteiger partial charge in [-0.15, -0.1) is 0 Å². The molecule has 92 valence electrons. The first kappa shape index (κ1) is 13.1. The Hall–Kier alpha value is -0.940. The number of rotatable bonds is 4. The van der Waals surface area contributed by atoms with Crippen molar-refractivity contribution >= 4 is 11.8 Å². The summed E-state index contributed by atoms with van der Waals surface area (Å²) in [5.41, 5.74) is -0.250. The van der Waals surface area contributed by atoms with E-state index in [0.717, 1.165) is 0 Å². The molecule has 2 N–H and O–H groups in total. The highest BCUT2D eigenvalue weighted by atomic mass is 16.3. The van der Waals surface area contributed by atoms with E-state index in [9.17, 15) is 9.59 Å². The van der Waals surface area contributed by atoms with Gasteiger partial charge in [-0.25, -0.2) is 0 Å². The summed E-state index contributed by atoms with van der Waals surface area (Å²) in [6.07, 6.45) is 0.947. The Morgan fingerprint density at radius 2 is 2.12 bits per heavy atom. The molecule has 1 heterocycles. The molecule has 1 fully saturated rings. The van der Waals surface area contributed by atoms with Gasteiger partial charge in [-0.3, -0.25) is 14.5 Å². The monoisotopic (exact) mass is 228 g/mol. The number of amides is 2. The van der Waals surface area contributed by atoms with Crippen molar-refractivity contribution in [2.45, 2.75) is 32.7 Å². The standard InChI is InChI=1S/C11H20N2O3/c1-11(2,7-14)6-12-8-4-5-9(15)13(3)10(8)16/h8,12,14H,4-7H2,1-3H3. The van der Waals surface area contributed by atoms with Crippen LogP contribution in [0.4, 0.5) is 0 Å². The smallest absolute Gasteiger partial charge is 0.246 e. The molecule has 5 heteroatoms. The molecule has 1 unspecified atom stereocenters. The lowest BCUT2D eigenvalue weighted by Gasteiger charge is -2.31. The quantitative estimate of drug-likeness (QED) is 0.651. The zero-order valence-electron chi connectivity index (χ0n) is 10.1. The van der Waals surface area contributed by atoms with Gasteiger partial charge in [-0.1, -0.05) is 13.8 Å². The third-order valence-corrected chi connectivity index (χ3v) is 2.90. The number of aliphatic hydroxyl groups is 1. The highest BCUT2D eigenvalue weighted by molar-refractivity contribution is 6.00. The summed E-state index contributed by atoms with van der Waals surface area (Å²) >= 11 is 0. The maximum Gasteiger partial charge on any atom is 0.246 e. The average Bonchev–Trinajstić information content (AvgIpc) is 2.25. The van der Waals surface area contributed by atoms with Gasteiger partial charge in [0.1, 0.15) is 0 Å². The lowest BCUT2D eigenvalue weighted by molar-refractivity contribution is -0.148. The second-order valence-electron chi connectivity index (χ2n) is 5.09. The number of aliphatic hydroxyl groups excluding tert-OH is 1. The van der Waals surface area contributed by atoms with Crippen LogP contribution in [0.3, 0.4) is 0 Å². The molecule has 5 nitrogen and oxygen atoms in total. The molecule has 0 aromatic carbocycles. The maximum atomic E-state index is 11.7. The van der Waals surface area contributed by atoms with Crippen LogP contribution in [0.2, 0.25) is 0 Å². The van der Waals surface area contributed by atoms with Gasteiger partial charge in [0.2, 0.25) is 11.8 Å². The number of carbonyl (C=O) groups is 2. The van der Waals surface area contributed by atoms with Crippen molar-refractivity contribution in [1.29, 1.82) is 0 Å². The summed E-state index contributed by atoms with van der Waals surface area (Å²) in [6, 6.07) is -0.298. The zero-order valence-corrected chi connectivity index (χ0v) is 10.1. The highest BCUT2D eigenvalue weighted by Gasteiger charge is 2.32. The van der Waals surface area contributed by atoms with E-state index >= 15 is 0 Å². The van der Waals surface area contributed by atoms with Gasteiger partial charge in [0.15, 0.2) is 0 Å². The molecule has 0 aromatic heterocycles. The highest BCUT2D eigenvalue weighted by Crippen LogP contribution is 2.15. The minimum Gasteiger partial charge on any atom is -0.396 e. The van der Waals surface area contributed by atoms with Gasteiger partial charge < -0.3 is 10.4 Å². The summed E-state index contributed by atoms with van der Waals surface area (Å²) in [4.78, 5) is 24.1. The first-order valence-electron chi connectivity index (χ1n) is 5.52. The Labute approximate surface area is 95.8 Å². The van der Waals surface area contributed by atoms with E-state index in [-0.39, 0.29) is 29.9 Å². The van der Waals surface area contributed by atoms with Gasteiger partial charge in [0.05, 0.1) is 6.04 Å². The van der Waals surface area contributed by atoms with E-state index in [1.807, 2.05) is 13.8 Å². The van der Waals surface area contributed by atoms with Gasteiger partial charge >= 0.3 is 0 Å². The normalized spacial score (nSPS) is 22.8. The Morgan fingerprint density at radius 1 is 1.50 bits per heavy atom. The number of imide groups is 1. The Balaban J connectivity index is 2.50. The molecular formula is C11H20N2O3. The zero-order chi connectivity index (χ0) is 12.3. The molecular weight excluding hydrogens is 208 g/mol. The number of carbonyl (C=O) groups excluding carboxylic acids is 2. The predicted molar refractivity (Wildman–Crippen MR) is 59.7 cm³/mol. The molecule has 2 amide bonds. The van der Waals surface area contributed by atoms with Crippen molar-refractivity contribution in [2.75, 3.05) is 20.2 Å². The fourth-order valence-electron chi connectivity index (χ4n) is 1.56. The molecule has 0 aliphatic carbocycles. The molecule has 0 bridgehead atoms. The number of nitrogens with one attached hydrogen (secondary N) is 1. The van der Waals surface area contributed by atoms with Gasteiger partial charge in [-0.2, -0.15) is 0 Å². The van der Waals surface area contributed by atoms with Crippen LogP contribution >= 0.6 is 0 Å². The minimum absolute atomic E-state index is 0.0652. The number of nitrogens with zero attached hydrogens (tertiary/aromatic N) is 1. The van der Waals surface area contributed by atoms with Crippen molar-refractivity contribution in [3.05, 3.63) is 0 Å². The molecule has 1 rings (SSSR count). The van der Waals surface area contributed by atoms with Crippen molar-refractivity contribution < 1.29 is 14.7 Å². The number of hydrogen-bond acceptors (Lipinski definition) is 4. The van der Waals surface area contributed by atoms with E-state index in [1.54, 1.807) is 0 Å². The van der Waals surface area contributed by atoms with E-state index in [2.05, 4.69) is 5.32 Å². The van der Waals surface area contributed by atoms with Gasteiger partial charge in [0.25, 0.3) is 0 Å². The van der Waals surface area contributed by atoms with E-state index in [4.69, 9.17) is 5.11 Å². The first-order chi connectivity index (χ1) is 7.37. The van der Waals surface area contributed by atoms with E-state index in [0.29, 0.717) is 19.4 Å². The molecule has 0 radical (unpaired) electrons. The lowest BCUT2D eigenvalue weighted by Crippen LogP contribution is -2.53. The molecule has 1 atom stereocenters. The molecule has 0 aromatic rings. The summed E-state index contributed by atoms with van der Waals surface area (Å²) in [6.45, 7) is 4.46. The SMILES string of the molecule is CN1C(=O)CCC(NCC(C)(C)CO)C1=O. The molecule has 0 saturated carbocycles.